The maximum Gasteiger partial charge on any atom is 0.244 e. The maximum atomic E-state index is 13.6. The third-order valence-corrected chi connectivity index (χ3v) is 3.77. The van der Waals surface area contributed by atoms with Gasteiger partial charge in [0.1, 0.15) is 16.9 Å². The van der Waals surface area contributed by atoms with Crippen LogP contribution in [-0.2, 0) is 11.2 Å². The van der Waals surface area contributed by atoms with Crippen molar-refractivity contribution in [2.45, 2.75) is 19.4 Å². The van der Waals surface area contributed by atoms with Crippen LogP contribution in [-0.4, -0.2) is 41.1 Å². The fraction of sp³-hybridized carbons (Fsp3) is 0.357. The van der Waals surface area contributed by atoms with Gasteiger partial charge in [-0.1, -0.05) is 29.5 Å². The van der Waals surface area contributed by atoms with E-state index in [1.54, 1.807) is 39.2 Å². The predicted molar refractivity (Wildman–Crippen MR) is 80.9 cm³/mol. The first kappa shape index (κ1) is 15.4. The smallest absolute Gasteiger partial charge is 0.244 e. The van der Waals surface area contributed by atoms with Crippen LogP contribution in [0, 0.1) is 5.82 Å². The summed E-state index contributed by atoms with van der Waals surface area (Å²) in [5.74, 6) is -0.292. The van der Waals surface area contributed by atoms with E-state index < -0.39 is 0 Å². The first-order valence-electron chi connectivity index (χ1n) is 6.51. The van der Waals surface area contributed by atoms with Crippen LogP contribution in [0.25, 0.3) is 0 Å². The minimum Gasteiger partial charge on any atom is -0.349 e. The molecule has 2 aromatic rings. The fourth-order valence-corrected chi connectivity index (χ4v) is 2.67. The van der Waals surface area contributed by atoms with Gasteiger partial charge >= 0.3 is 0 Å². The van der Waals surface area contributed by atoms with Gasteiger partial charge in [-0.3, -0.25) is 4.79 Å². The monoisotopic (exact) mass is 308 g/mol. The highest BCUT2D eigenvalue weighted by molar-refractivity contribution is 7.15. The Kier molecular flexibility index (Phi) is 4.85. The minimum atomic E-state index is -0.380. The summed E-state index contributed by atoms with van der Waals surface area (Å²) in [6.07, 6.45) is 0.391. The summed E-state index contributed by atoms with van der Waals surface area (Å²) in [5.41, 5.74) is 0.581. The Hall–Kier alpha value is -2.02. The molecule has 0 saturated heterocycles. The van der Waals surface area contributed by atoms with Gasteiger partial charge in [0, 0.05) is 20.5 Å². The number of aromatic nitrogens is 2. The van der Waals surface area contributed by atoms with E-state index in [1.165, 1.54) is 22.3 Å². The standard InChI is InChI=1S/C14H17FN4OS/c1-9(13(20)19(2)3)16-14-18-17-12(21-14)8-10-6-4-5-7-11(10)15/h4-7,9H,8H2,1-3H3,(H,16,18)/t9-/m0/s1. The van der Waals surface area contributed by atoms with Gasteiger partial charge in [-0.05, 0) is 18.6 Å². The van der Waals surface area contributed by atoms with Crippen molar-refractivity contribution in [2.75, 3.05) is 19.4 Å². The van der Waals surface area contributed by atoms with Gasteiger partial charge in [0.05, 0.1) is 0 Å². The number of nitrogens with one attached hydrogen (secondary N) is 1. The molecular weight excluding hydrogens is 291 g/mol. The number of benzene rings is 1. The molecule has 2 rings (SSSR count). The molecule has 0 aliphatic carbocycles. The Labute approximate surface area is 126 Å². The van der Waals surface area contributed by atoms with E-state index in [-0.39, 0.29) is 17.8 Å². The second-order valence-electron chi connectivity index (χ2n) is 4.87. The van der Waals surface area contributed by atoms with E-state index in [2.05, 4.69) is 15.5 Å². The summed E-state index contributed by atoms with van der Waals surface area (Å²) < 4.78 is 13.6. The largest absolute Gasteiger partial charge is 0.349 e. The van der Waals surface area contributed by atoms with Gasteiger partial charge in [0.2, 0.25) is 11.0 Å². The first-order chi connectivity index (χ1) is 9.97. The molecule has 1 heterocycles. The van der Waals surface area contributed by atoms with Crippen molar-refractivity contribution in [3.63, 3.8) is 0 Å². The second-order valence-corrected chi connectivity index (χ2v) is 5.93. The summed E-state index contributed by atoms with van der Waals surface area (Å²) in [6, 6.07) is 6.21. The van der Waals surface area contributed by atoms with E-state index in [0.717, 1.165) is 0 Å². The number of nitrogens with zero attached hydrogens (tertiary/aromatic N) is 3. The summed E-state index contributed by atoms with van der Waals surface area (Å²) in [6.45, 7) is 1.76. The highest BCUT2D eigenvalue weighted by Crippen LogP contribution is 2.20. The van der Waals surface area contributed by atoms with Gasteiger partial charge in [0.15, 0.2) is 0 Å². The van der Waals surface area contributed by atoms with Crippen molar-refractivity contribution in [1.29, 1.82) is 0 Å². The Bertz CT molecular complexity index is 629. The van der Waals surface area contributed by atoms with Gasteiger partial charge in [-0.25, -0.2) is 4.39 Å². The normalized spacial score (nSPS) is 12.0. The van der Waals surface area contributed by atoms with Crippen molar-refractivity contribution in [3.8, 4) is 0 Å². The Balaban J connectivity index is 2.02. The molecule has 7 heteroatoms. The van der Waals surface area contributed by atoms with Crippen molar-refractivity contribution in [1.82, 2.24) is 15.1 Å². The number of carbonyl (C=O) groups is 1. The summed E-state index contributed by atoms with van der Waals surface area (Å²) in [7, 11) is 3.40. The lowest BCUT2D eigenvalue weighted by Crippen LogP contribution is -2.36. The molecule has 0 unspecified atom stereocenters. The molecule has 0 saturated carbocycles. The highest BCUT2D eigenvalue weighted by Gasteiger charge is 2.16. The van der Waals surface area contributed by atoms with Gasteiger partial charge in [-0.15, -0.1) is 10.2 Å². The van der Waals surface area contributed by atoms with E-state index in [4.69, 9.17) is 0 Å². The lowest BCUT2D eigenvalue weighted by Gasteiger charge is -2.16. The van der Waals surface area contributed by atoms with Crippen molar-refractivity contribution >= 4 is 22.4 Å². The number of anilines is 1. The fourth-order valence-electron chi connectivity index (χ4n) is 1.82. The zero-order valence-corrected chi connectivity index (χ0v) is 12.9. The van der Waals surface area contributed by atoms with Crippen molar-refractivity contribution in [3.05, 3.63) is 40.7 Å². The van der Waals surface area contributed by atoms with E-state index in [0.29, 0.717) is 22.1 Å². The van der Waals surface area contributed by atoms with Gasteiger partial charge < -0.3 is 10.2 Å². The lowest BCUT2D eigenvalue weighted by molar-refractivity contribution is -0.129. The Morgan fingerprint density at radius 3 is 2.76 bits per heavy atom. The minimum absolute atomic E-state index is 0.0409. The topological polar surface area (TPSA) is 58.1 Å². The molecule has 1 atom stereocenters. The van der Waals surface area contributed by atoms with Gasteiger partial charge in [-0.2, -0.15) is 0 Å². The number of rotatable bonds is 5. The van der Waals surface area contributed by atoms with Crippen LogP contribution >= 0.6 is 11.3 Å². The number of carbonyl (C=O) groups excluding carboxylic acids is 1. The number of amides is 1. The molecule has 0 fully saturated rings. The molecule has 0 aliphatic rings. The molecule has 1 aromatic carbocycles. The predicted octanol–water partition coefficient (Wildman–Crippen LogP) is 2.16. The van der Waals surface area contributed by atoms with E-state index in [1.807, 2.05) is 0 Å². The van der Waals surface area contributed by atoms with Crippen molar-refractivity contribution < 1.29 is 9.18 Å². The molecular formula is C14H17FN4OS. The number of hydrogen-bond donors (Lipinski definition) is 1. The molecule has 5 nitrogen and oxygen atoms in total. The Morgan fingerprint density at radius 1 is 1.38 bits per heavy atom. The third kappa shape index (κ3) is 3.98. The summed E-state index contributed by atoms with van der Waals surface area (Å²) in [5, 5.41) is 12.3. The number of halogens is 1. The average molecular weight is 308 g/mol. The van der Waals surface area contributed by atoms with Crippen LogP contribution in [0.5, 0.6) is 0 Å². The SMILES string of the molecule is C[C@H](Nc1nnc(Cc2ccccc2F)s1)C(=O)N(C)C. The number of likely N-dealkylation sites (N-methyl/N-ethyl adjacent to an activating group) is 1. The first-order valence-corrected chi connectivity index (χ1v) is 7.32. The zero-order valence-electron chi connectivity index (χ0n) is 12.1. The zero-order chi connectivity index (χ0) is 15.4. The van der Waals surface area contributed by atoms with E-state index >= 15 is 0 Å². The lowest BCUT2D eigenvalue weighted by atomic mass is 10.1. The third-order valence-electron chi connectivity index (χ3n) is 2.92. The van der Waals surface area contributed by atoms with Crippen LogP contribution in [0.2, 0.25) is 0 Å². The quantitative estimate of drug-likeness (QED) is 0.919. The molecule has 0 radical (unpaired) electrons. The second kappa shape index (κ2) is 6.62. The number of hydrogen-bond acceptors (Lipinski definition) is 5. The summed E-state index contributed by atoms with van der Waals surface area (Å²) >= 11 is 1.32. The molecule has 1 aromatic heterocycles. The van der Waals surface area contributed by atoms with Crippen molar-refractivity contribution in [2.24, 2.45) is 0 Å². The molecule has 0 spiro atoms. The van der Waals surface area contributed by atoms with Crippen LogP contribution in [0.1, 0.15) is 17.5 Å². The summed E-state index contributed by atoms with van der Waals surface area (Å²) in [4.78, 5) is 13.3. The van der Waals surface area contributed by atoms with Gasteiger partial charge in [0.25, 0.3) is 0 Å². The van der Waals surface area contributed by atoms with Crippen LogP contribution in [0.3, 0.4) is 0 Å². The Morgan fingerprint density at radius 2 is 2.10 bits per heavy atom. The molecule has 1 N–H and O–H groups in total. The molecule has 112 valence electrons. The van der Waals surface area contributed by atoms with Crippen LogP contribution in [0.4, 0.5) is 9.52 Å². The highest BCUT2D eigenvalue weighted by atomic mass is 32.1. The molecule has 1 amide bonds. The molecule has 0 aliphatic heterocycles. The van der Waals surface area contributed by atoms with Crippen LogP contribution < -0.4 is 5.32 Å². The molecule has 0 bridgehead atoms. The van der Waals surface area contributed by atoms with E-state index in [9.17, 15) is 9.18 Å². The molecule has 21 heavy (non-hydrogen) atoms. The average Bonchev–Trinajstić information content (AvgIpc) is 2.87. The van der Waals surface area contributed by atoms with Crippen LogP contribution in [0.15, 0.2) is 24.3 Å². The maximum absolute atomic E-state index is 13.6.